The Hall–Kier alpha value is -3.11. The number of fused-ring (bicyclic) bond motifs is 1. The van der Waals surface area contributed by atoms with Crippen molar-refractivity contribution in [3.8, 4) is 0 Å². The highest BCUT2D eigenvalue weighted by atomic mass is 35.5. The molecule has 2 aliphatic heterocycles. The summed E-state index contributed by atoms with van der Waals surface area (Å²) in [7, 11) is -3.82. The fraction of sp³-hybridized carbons (Fsp3) is 0.286. The minimum atomic E-state index is -3.82. The number of benzene rings is 2. The smallest absolute Gasteiger partial charge is 0.256 e. The summed E-state index contributed by atoms with van der Waals surface area (Å²) in [5.74, 6) is -0.688. The molecular formula is C28H27Cl2N3O5S. The summed E-state index contributed by atoms with van der Waals surface area (Å²) in [6.07, 6.45) is 1.95. The molecule has 0 aliphatic carbocycles. The number of sulfone groups is 1. The van der Waals surface area contributed by atoms with E-state index in [4.69, 9.17) is 27.9 Å². The van der Waals surface area contributed by atoms with Gasteiger partial charge < -0.3 is 19.9 Å². The maximum Gasteiger partial charge on any atom is 0.256 e. The fourth-order valence-corrected chi connectivity index (χ4v) is 7.01. The van der Waals surface area contributed by atoms with E-state index >= 15 is 0 Å². The monoisotopic (exact) mass is 587 g/mol. The number of rotatable bonds is 6. The first-order chi connectivity index (χ1) is 18.5. The van der Waals surface area contributed by atoms with Gasteiger partial charge in [-0.1, -0.05) is 29.3 Å². The third-order valence-corrected chi connectivity index (χ3v) is 9.49. The van der Waals surface area contributed by atoms with E-state index in [1.165, 1.54) is 12.1 Å². The lowest BCUT2D eigenvalue weighted by molar-refractivity contribution is -0.134. The summed E-state index contributed by atoms with van der Waals surface area (Å²) in [4.78, 5) is 30.9. The van der Waals surface area contributed by atoms with Crippen molar-refractivity contribution in [2.45, 2.75) is 30.9 Å². The summed E-state index contributed by atoms with van der Waals surface area (Å²) in [6, 6.07) is 9.36. The van der Waals surface area contributed by atoms with Crippen LogP contribution in [-0.4, -0.2) is 56.4 Å². The molecule has 39 heavy (non-hydrogen) atoms. The lowest BCUT2D eigenvalue weighted by Crippen LogP contribution is -2.41. The molecule has 1 saturated heterocycles. The summed E-state index contributed by atoms with van der Waals surface area (Å²) >= 11 is 12.4. The predicted molar refractivity (Wildman–Crippen MR) is 152 cm³/mol. The molecule has 1 fully saturated rings. The van der Waals surface area contributed by atoms with Crippen LogP contribution in [-0.2, 0) is 36.3 Å². The van der Waals surface area contributed by atoms with Gasteiger partial charge in [-0.25, -0.2) is 8.42 Å². The molecule has 0 spiro atoms. The van der Waals surface area contributed by atoms with E-state index in [1.54, 1.807) is 35.2 Å². The number of morpholine rings is 1. The molecule has 3 heterocycles. The molecule has 8 nitrogen and oxygen atoms in total. The van der Waals surface area contributed by atoms with Crippen LogP contribution >= 0.6 is 23.2 Å². The molecule has 11 heteroatoms. The van der Waals surface area contributed by atoms with Crippen LogP contribution in [0.1, 0.15) is 33.6 Å². The van der Waals surface area contributed by atoms with Gasteiger partial charge in [0.1, 0.15) is 0 Å². The quantitative estimate of drug-likeness (QED) is 0.402. The molecule has 0 bridgehead atoms. The van der Waals surface area contributed by atoms with Crippen molar-refractivity contribution < 1.29 is 22.7 Å². The SMILES string of the molecule is Cc1[nH]c(C=C2C(=O)Nc3ccc(S(=O)(=O)Cc4c(Cl)cccc4Cl)cc32)c(C)c1CC(=O)N1CCOCC1. The highest BCUT2D eigenvalue weighted by Crippen LogP contribution is 2.37. The molecule has 0 unspecified atom stereocenters. The van der Waals surface area contributed by atoms with E-state index in [2.05, 4.69) is 10.3 Å². The first-order valence-corrected chi connectivity index (χ1v) is 14.8. The van der Waals surface area contributed by atoms with E-state index < -0.39 is 9.84 Å². The molecular weight excluding hydrogens is 561 g/mol. The van der Waals surface area contributed by atoms with E-state index in [-0.39, 0.29) is 38.9 Å². The van der Waals surface area contributed by atoms with Crippen molar-refractivity contribution >= 4 is 62.2 Å². The van der Waals surface area contributed by atoms with Crippen LogP contribution in [0.25, 0.3) is 11.6 Å². The number of amides is 2. The van der Waals surface area contributed by atoms with E-state index in [0.717, 1.165) is 16.8 Å². The molecule has 0 atom stereocenters. The van der Waals surface area contributed by atoms with Gasteiger partial charge in [0.2, 0.25) is 5.91 Å². The Kier molecular flexibility index (Phi) is 7.61. The van der Waals surface area contributed by atoms with Crippen LogP contribution < -0.4 is 5.32 Å². The van der Waals surface area contributed by atoms with Gasteiger partial charge in [-0.15, -0.1) is 0 Å². The predicted octanol–water partition coefficient (Wildman–Crippen LogP) is 4.81. The van der Waals surface area contributed by atoms with Gasteiger partial charge in [0.15, 0.2) is 9.84 Å². The van der Waals surface area contributed by atoms with Crippen molar-refractivity contribution in [3.05, 3.63) is 80.1 Å². The molecule has 2 amide bonds. The topological polar surface area (TPSA) is 109 Å². The number of aryl methyl sites for hydroxylation is 1. The third-order valence-electron chi connectivity index (χ3n) is 7.14. The number of hydrogen-bond donors (Lipinski definition) is 2. The van der Waals surface area contributed by atoms with Gasteiger partial charge in [-0.05, 0) is 61.4 Å². The number of aromatic amines is 1. The summed E-state index contributed by atoms with van der Waals surface area (Å²) in [5, 5.41) is 3.34. The van der Waals surface area contributed by atoms with Crippen molar-refractivity contribution in [2.24, 2.45) is 0 Å². The Morgan fingerprint density at radius 2 is 1.77 bits per heavy atom. The van der Waals surface area contributed by atoms with Crippen LogP contribution in [0.2, 0.25) is 10.0 Å². The fourth-order valence-electron chi connectivity index (χ4n) is 4.89. The number of anilines is 1. The second-order valence-electron chi connectivity index (χ2n) is 9.62. The molecule has 0 radical (unpaired) electrons. The zero-order chi connectivity index (χ0) is 27.9. The Morgan fingerprint density at radius 1 is 1.08 bits per heavy atom. The number of carbonyl (C=O) groups is 2. The lowest BCUT2D eigenvalue weighted by Gasteiger charge is -2.27. The van der Waals surface area contributed by atoms with Crippen LogP contribution in [0.3, 0.4) is 0 Å². The number of hydrogen-bond acceptors (Lipinski definition) is 5. The maximum atomic E-state index is 13.3. The molecule has 5 rings (SSSR count). The minimum absolute atomic E-state index is 0.0279. The number of ether oxygens (including phenoxy) is 1. The zero-order valence-corrected chi connectivity index (χ0v) is 23.8. The molecule has 2 aliphatic rings. The number of carbonyl (C=O) groups excluding carboxylic acids is 2. The van der Waals surface area contributed by atoms with Crippen LogP contribution in [0.4, 0.5) is 5.69 Å². The third kappa shape index (κ3) is 5.49. The molecule has 2 N–H and O–H groups in total. The van der Waals surface area contributed by atoms with Crippen molar-refractivity contribution in [1.29, 1.82) is 0 Å². The highest BCUT2D eigenvalue weighted by Gasteiger charge is 2.28. The minimum Gasteiger partial charge on any atom is -0.378 e. The Balaban J connectivity index is 1.45. The van der Waals surface area contributed by atoms with Crippen LogP contribution in [0.5, 0.6) is 0 Å². The molecule has 1 aromatic heterocycles. The van der Waals surface area contributed by atoms with Crippen molar-refractivity contribution in [3.63, 3.8) is 0 Å². The standard InChI is InChI=1S/C28H27Cl2N3O5S/c1-16-19(14-27(34)33-8-10-38-11-9-33)17(2)31-26(16)13-21-20-12-18(6-7-25(20)32-28(21)35)39(36,37)15-22-23(29)4-3-5-24(22)30/h3-7,12-13,31H,8-11,14-15H2,1-2H3,(H,32,35). The van der Waals surface area contributed by atoms with Gasteiger partial charge in [0, 0.05) is 51.3 Å². The first kappa shape index (κ1) is 27.5. The number of nitrogens with zero attached hydrogens (tertiary/aromatic N) is 1. The normalized spacial score (nSPS) is 16.5. The Morgan fingerprint density at radius 3 is 2.46 bits per heavy atom. The second-order valence-corrected chi connectivity index (χ2v) is 12.4. The van der Waals surface area contributed by atoms with Crippen molar-refractivity contribution in [1.82, 2.24) is 9.88 Å². The number of aromatic nitrogens is 1. The average Bonchev–Trinajstić information content (AvgIpc) is 3.36. The number of nitrogens with one attached hydrogen (secondary N) is 2. The van der Waals surface area contributed by atoms with Gasteiger partial charge in [0.25, 0.3) is 5.91 Å². The Bertz CT molecular complexity index is 1600. The van der Waals surface area contributed by atoms with Gasteiger partial charge in [0.05, 0.1) is 35.9 Å². The first-order valence-electron chi connectivity index (χ1n) is 12.4. The lowest BCUT2D eigenvalue weighted by atomic mass is 10.0. The molecule has 204 valence electrons. The van der Waals surface area contributed by atoms with Gasteiger partial charge >= 0.3 is 0 Å². The average molecular weight is 589 g/mol. The van der Waals surface area contributed by atoms with E-state index in [1.807, 2.05) is 13.8 Å². The second kappa shape index (κ2) is 10.8. The molecule has 2 aromatic carbocycles. The van der Waals surface area contributed by atoms with Gasteiger partial charge in [-0.3, -0.25) is 9.59 Å². The van der Waals surface area contributed by atoms with E-state index in [0.29, 0.717) is 54.4 Å². The highest BCUT2D eigenvalue weighted by molar-refractivity contribution is 7.90. The zero-order valence-electron chi connectivity index (χ0n) is 21.4. The largest absolute Gasteiger partial charge is 0.378 e. The molecule has 0 saturated carbocycles. The number of H-pyrrole nitrogens is 1. The summed E-state index contributed by atoms with van der Waals surface area (Å²) in [5.41, 5.74) is 4.91. The van der Waals surface area contributed by atoms with E-state index in [9.17, 15) is 18.0 Å². The van der Waals surface area contributed by atoms with Gasteiger partial charge in [-0.2, -0.15) is 0 Å². The Labute approximate surface area is 236 Å². The van der Waals surface area contributed by atoms with Crippen molar-refractivity contribution in [2.75, 3.05) is 31.6 Å². The molecule has 3 aromatic rings. The summed E-state index contributed by atoms with van der Waals surface area (Å²) in [6.45, 7) is 6.01. The maximum absolute atomic E-state index is 13.3. The number of halogens is 2. The summed E-state index contributed by atoms with van der Waals surface area (Å²) < 4.78 is 31.9. The van der Waals surface area contributed by atoms with Crippen LogP contribution in [0, 0.1) is 13.8 Å². The van der Waals surface area contributed by atoms with Crippen LogP contribution in [0.15, 0.2) is 41.3 Å².